The van der Waals surface area contributed by atoms with Crippen molar-refractivity contribution in [1.29, 1.82) is 0 Å². The molecule has 0 spiro atoms. The Morgan fingerprint density at radius 3 is 2.21 bits per heavy atom. The maximum absolute atomic E-state index is 11.9. The van der Waals surface area contributed by atoms with Crippen LogP contribution < -0.4 is 0 Å². The van der Waals surface area contributed by atoms with E-state index in [1.807, 2.05) is 0 Å². The molecule has 0 saturated carbocycles. The second-order valence-electron chi connectivity index (χ2n) is 5.01. The molecule has 0 aliphatic rings. The van der Waals surface area contributed by atoms with Gasteiger partial charge in [0.2, 0.25) is 0 Å². The summed E-state index contributed by atoms with van der Waals surface area (Å²) in [5.74, 6) is -3.25. The Morgan fingerprint density at radius 2 is 1.67 bits per heavy atom. The van der Waals surface area contributed by atoms with Crippen LogP contribution in [-0.2, 0) is 30.3 Å². The van der Waals surface area contributed by atoms with Gasteiger partial charge in [-0.15, -0.1) is 0 Å². The number of benzene rings is 1. The van der Waals surface area contributed by atoms with Crippen LogP contribution in [0.25, 0.3) is 0 Å². The summed E-state index contributed by atoms with van der Waals surface area (Å²) in [5, 5.41) is 18.2. The maximum Gasteiger partial charge on any atom is 0.332 e. The first-order valence-corrected chi connectivity index (χ1v) is 7.28. The second-order valence-corrected chi connectivity index (χ2v) is 5.01. The molecule has 0 atom stereocenters. The number of aliphatic carboxylic acids is 2. The highest BCUT2D eigenvalue weighted by molar-refractivity contribution is 5.94. The highest BCUT2D eigenvalue weighted by Gasteiger charge is 2.20. The molecular formula is C17H20O7. The van der Waals surface area contributed by atoms with Crippen molar-refractivity contribution in [2.24, 2.45) is 0 Å². The molecule has 0 aromatic heterocycles. The van der Waals surface area contributed by atoms with Crippen LogP contribution in [0.2, 0.25) is 0 Å². The topological polar surface area (TPSA) is 110 Å². The normalized spacial score (nSPS) is 11.5. The number of carbonyl (C=O) groups is 3. The van der Waals surface area contributed by atoms with Crippen LogP contribution in [0, 0.1) is 0 Å². The molecule has 1 aromatic rings. The molecule has 0 bridgehead atoms. The van der Waals surface area contributed by atoms with Crippen molar-refractivity contribution in [3.8, 4) is 0 Å². The van der Waals surface area contributed by atoms with E-state index >= 15 is 0 Å². The fourth-order valence-electron chi connectivity index (χ4n) is 2.09. The standard InChI is InChI=1S/C17H20O7/c1-23-7-8-24-16(20)10-13(9-12-5-3-2-4-6-12)14(17(21)22)11-15(18)19/h2-6H,7-11H2,1H3,(H,18,19)(H,21,22). The molecule has 0 saturated heterocycles. The second kappa shape index (κ2) is 10.2. The zero-order chi connectivity index (χ0) is 17.9. The molecular weight excluding hydrogens is 316 g/mol. The maximum atomic E-state index is 11.9. The van der Waals surface area contributed by atoms with Crippen molar-refractivity contribution in [3.63, 3.8) is 0 Å². The molecule has 0 fully saturated rings. The summed E-state index contributed by atoms with van der Waals surface area (Å²) < 4.78 is 9.72. The van der Waals surface area contributed by atoms with Crippen LogP contribution in [0.3, 0.4) is 0 Å². The molecule has 0 aliphatic carbocycles. The van der Waals surface area contributed by atoms with E-state index in [2.05, 4.69) is 0 Å². The van der Waals surface area contributed by atoms with Crippen molar-refractivity contribution < 1.29 is 34.1 Å². The van der Waals surface area contributed by atoms with Gasteiger partial charge in [0.05, 0.1) is 19.4 Å². The third-order valence-corrected chi connectivity index (χ3v) is 3.18. The first kappa shape index (κ1) is 19.4. The van der Waals surface area contributed by atoms with Gasteiger partial charge in [0.15, 0.2) is 0 Å². The Morgan fingerprint density at radius 1 is 1.00 bits per heavy atom. The van der Waals surface area contributed by atoms with Gasteiger partial charge in [-0.1, -0.05) is 30.3 Å². The molecule has 1 rings (SSSR count). The largest absolute Gasteiger partial charge is 0.481 e. The Labute approximate surface area is 139 Å². The van der Waals surface area contributed by atoms with Gasteiger partial charge in [0, 0.05) is 12.7 Å². The fraction of sp³-hybridized carbons (Fsp3) is 0.353. The highest BCUT2D eigenvalue weighted by atomic mass is 16.6. The van der Waals surface area contributed by atoms with E-state index in [4.69, 9.17) is 14.6 Å². The van der Waals surface area contributed by atoms with Gasteiger partial charge in [-0.3, -0.25) is 9.59 Å². The summed E-state index contributed by atoms with van der Waals surface area (Å²) >= 11 is 0. The van der Waals surface area contributed by atoms with Gasteiger partial charge in [-0.25, -0.2) is 4.79 Å². The summed E-state index contributed by atoms with van der Waals surface area (Å²) in [6.45, 7) is 0.277. The number of carboxylic acids is 2. The van der Waals surface area contributed by atoms with Crippen LogP contribution in [0.4, 0.5) is 0 Å². The molecule has 1 aromatic carbocycles. The molecule has 0 amide bonds. The number of esters is 1. The molecule has 0 aliphatic heterocycles. The van der Waals surface area contributed by atoms with E-state index in [0.29, 0.717) is 0 Å². The summed E-state index contributed by atoms with van der Waals surface area (Å²) in [6.07, 6.45) is -0.786. The van der Waals surface area contributed by atoms with Crippen molar-refractivity contribution in [3.05, 3.63) is 47.0 Å². The SMILES string of the molecule is COCCOC(=O)CC(Cc1ccccc1)=C(CC(=O)O)C(=O)O. The third-order valence-electron chi connectivity index (χ3n) is 3.18. The number of carboxylic acid groups (broad SMARTS) is 2. The van der Waals surface area contributed by atoms with Crippen LogP contribution in [0.5, 0.6) is 0 Å². The van der Waals surface area contributed by atoms with E-state index in [1.54, 1.807) is 30.3 Å². The average molecular weight is 336 g/mol. The molecule has 7 nitrogen and oxygen atoms in total. The van der Waals surface area contributed by atoms with Gasteiger partial charge in [-0.05, 0) is 17.6 Å². The van der Waals surface area contributed by atoms with Crippen molar-refractivity contribution in [2.75, 3.05) is 20.3 Å². The number of hydrogen-bond acceptors (Lipinski definition) is 5. The number of ether oxygens (including phenoxy) is 2. The van der Waals surface area contributed by atoms with Crippen molar-refractivity contribution in [2.45, 2.75) is 19.3 Å². The lowest BCUT2D eigenvalue weighted by molar-refractivity contribution is -0.144. The van der Waals surface area contributed by atoms with E-state index in [1.165, 1.54) is 7.11 Å². The number of rotatable bonds is 10. The Kier molecular flexibility index (Phi) is 8.21. The Hall–Kier alpha value is -2.67. The third kappa shape index (κ3) is 7.06. The van der Waals surface area contributed by atoms with Crippen LogP contribution in [0.1, 0.15) is 18.4 Å². The minimum atomic E-state index is -1.35. The number of carbonyl (C=O) groups excluding carboxylic acids is 1. The Balaban J connectivity index is 3.02. The Bertz CT molecular complexity index is 605. The van der Waals surface area contributed by atoms with Gasteiger partial charge >= 0.3 is 17.9 Å². The van der Waals surface area contributed by atoms with Gasteiger partial charge in [-0.2, -0.15) is 0 Å². The van der Waals surface area contributed by atoms with Gasteiger partial charge in [0.25, 0.3) is 0 Å². The summed E-state index contributed by atoms with van der Waals surface area (Å²) in [6, 6.07) is 8.91. The lowest BCUT2D eigenvalue weighted by atomic mass is 9.95. The van der Waals surface area contributed by atoms with Gasteiger partial charge < -0.3 is 19.7 Å². The molecule has 2 N–H and O–H groups in total. The van der Waals surface area contributed by atoms with E-state index in [-0.39, 0.29) is 37.2 Å². The summed E-state index contributed by atoms with van der Waals surface area (Å²) in [5.41, 5.74) is 0.704. The summed E-state index contributed by atoms with van der Waals surface area (Å²) in [4.78, 5) is 34.2. The molecule has 24 heavy (non-hydrogen) atoms. The number of methoxy groups -OCH3 is 1. The fourth-order valence-corrected chi connectivity index (χ4v) is 2.09. The lowest BCUT2D eigenvalue weighted by Crippen LogP contribution is -2.16. The quantitative estimate of drug-likeness (QED) is 0.380. The minimum absolute atomic E-state index is 0.0509. The monoisotopic (exact) mass is 336 g/mol. The van der Waals surface area contributed by atoms with Gasteiger partial charge in [0.1, 0.15) is 6.61 Å². The predicted molar refractivity (Wildman–Crippen MR) is 84.5 cm³/mol. The lowest BCUT2D eigenvalue weighted by Gasteiger charge is -2.12. The summed E-state index contributed by atoms with van der Waals surface area (Å²) in [7, 11) is 1.46. The first-order valence-electron chi connectivity index (χ1n) is 7.28. The van der Waals surface area contributed by atoms with E-state index in [9.17, 15) is 19.5 Å². The predicted octanol–water partition coefficient (Wildman–Crippen LogP) is 1.66. The highest BCUT2D eigenvalue weighted by Crippen LogP contribution is 2.19. The zero-order valence-electron chi connectivity index (χ0n) is 13.4. The van der Waals surface area contributed by atoms with E-state index in [0.717, 1.165) is 5.56 Å². The van der Waals surface area contributed by atoms with Crippen LogP contribution in [0.15, 0.2) is 41.5 Å². The zero-order valence-corrected chi connectivity index (χ0v) is 13.4. The molecule has 130 valence electrons. The smallest absolute Gasteiger partial charge is 0.332 e. The van der Waals surface area contributed by atoms with Crippen molar-refractivity contribution in [1.82, 2.24) is 0 Å². The van der Waals surface area contributed by atoms with Crippen LogP contribution in [-0.4, -0.2) is 48.4 Å². The van der Waals surface area contributed by atoms with E-state index < -0.39 is 24.3 Å². The number of hydrogen-bond donors (Lipinski definition) is 2. The average Bonchev–Trinajstić information content (AvgIpc) is 2.53. The van der Waals surface area contributed by atoms with Crippen LogP contribution >= 0.6 is 0 Å². The molecule has 0 heterocycles. The molecule has 7 heteroatoms. The molecule has 0 unspecified atom stereocenters. The minimum Gasteiger partial charge on any atom is -0.481 e. The molecule has 0 radical (unpaired) electrons. The van der Waals surface area contributed by atoms with Crippen molar-refractivity contribution >= 4 is 17.9 Å². The first-order chi connectivity index (χ1) is 11.4.